The third kappa shape index (κ3) is 5.63. The lowest BCUT2D eigenvalue weighted by Crippen LogP contribution is -2.28. The molecule has 0 saturated carbocycles. The molecule has 2 rings (SSSR count). The maximum Gasteiger partial charge on any atom is 0.222 e. The summed E-state index contributed by atoms with van der Waals surface area (Å²) in [7, 11) is 1.88. The number of nitrogens with one attached hydrogen (secondary N) is 1. The molecule has 0 bridgehead atoms. The summed E-state index contributed by atoms with van der Waals surface area (Å²) in [6, 6.07) is 10.3. The summed E-state index contributed by atoms with van der Waals surface area (Å²) in [6.45, 7) is 0.782. The minimum atomic E-state index is 0.215. The standard InChI is InChI=1S/C16H21N3OS/c1-19(10-11-21-15-7-3-2-4-8-15)16(20)9-5-6-14-12-17-18-13-14/h2-4,7-8,12-13H,5-6,9-11H2,1H3,(H,17,18). The molecule has 1 heterocycles. The van der Waals surface area contributed by atoms with Gasteiger partial charge in [-0.1, -0.05) is 18.2 Å². The summed E-state index contributed by atoms with van der Waals surface area (Å²) >= 11 is 1.78. The number of benzene rings is 1. The number of carbonyl (C=O) groups excluding carboxylic acids is 1. The molecule has 0 unspecified atom stereocenters. The summed E-state index contributed by atoms with van der Waals surface area (Å²) in [6.07, 6.45) is 6.05. The Morgan fingerprint density at radius 3 is 2.86 bits per heavy atom. The number of carbonyl (C=O) groups is 1. The van der Waals surface area contributed by atoms with Gasteiger partial charge in [-0.2, -0.15) is 5.10 Å². The van der Waals surface area contributed by atoms with E-state index in [-0.39, 0.29) is 5.91 Å². The Hall–Kier alpha value is -1.75. The lowest BCUT2D eigenvalue weighted by molar-refractivity contribution is -0.129. The summed E-state index contributed by atoms with van der Waals surface area (Å²) < 4.78 is 0. The predicted molar refractivity (Wildman–Crippen MR) is 86.3 cm³/mol. The molecule has 1 amide bonds. The van der Waals surface area contributed by atoms with Crippen LogP contribution >= 0.6 is 11.8 Å². The van der Waals surface area contributed by atoms with E-state index in [2.05, 4.69) is 22.3 Å². The topological polar surface area (TPSA) is 49.0 Å². The molecule has 1 aromatic heterocycles. The van der Waals surface area contributed by atoms with Crippen molar-refractivity contribution in [3.63, 3.8) is 0 Å². The van der Waals surface area contributed by atoms with E-state index in [0.717, 1.165) is 30.7 Å². The number of aromatic amines is 1. The van der Waals surface area contributed by atoms with Crippen LogP contribution in [0.3, 0.4) is 0 Å². The van der Waals surface area contributed by atoms with Crippen molar-refractivity contribution < 1.29 is 4.79 Å². The highest BCUT2D eigenvalue weighted by Gasteiger charge is 2.08. The first-order valence-corrected chi connectivity index (χ1v) is 8.14. The van der Waals surface area contributed by atoms with Crippen molar-refractivity contribution in [3.8, 4) is 0 Å². The highest BCUT2D eigenvalue weighted by molar-refractivity contribution is 7.99. The highest BCUT2D eigenvalue weighted by Crippen LogP contribution is 2.16. The van der Waals surface area contributed by atoms with Crippen LogP contribution in [0.1, 0.15) is 18.4 Å². The number of aryl methyl sites for hydroxylation is 1. The molecule has 0 spiro atoms. The van der Waals surface area contributed by atoms with E-state index in [4.69, 9.17) is 0 Å². The minimum absolute atomic E-state index is 0.215. The van der Waals surface area contributed by atoms with Crippen LogP contribution in [0.5, 0.6) is 0 Å². The lowest BCUT2D eigenvalue weighted by Gasteiger charge is -2.16. The first-order chi connectivity index (χ1) is 10.3. The molecular formula is C16H21N3OS. The van der Waals surface area contributed by atoms with Crippen LogP contribution in [0.4, 0.5) is 0 Å². The van der Waals surface area contributed by atoms with Crippen molar-refractivity contribution in [3.05, 3.63) is 48.3 Å². The van der Waals surface area contributed by atoms with Gasteiger partial charge in [0, 0.05) is 36.9 Å². The molecule has 0 aliphatic heterocycles. The molecule has 1 N–H and O–H groups in total. The minimum Gasteiger partial charge on any atom is -0.345 e. The SMILES string of the molecule is CN(CCSc1ccccc1)C(=O)CCCc1cn[nH]c1. The molecular weight excluding hydrogens is 282 g/mol. The number of amides is 1. The number of thioether (sulfide) groups is 1. The number of nitrogens with zero attached hydrogens (tertiary/aromatic N) is 2. The second-order valence-electron chi connectivity index (χ2n) is 4.94. The molecule has 0 radical (unpaired) electrons. The van der Waals surface area contributed by atoms with Gasteiger partial charge < -0.3 is 4.90 Å². The molecule has 112 valence electrons. The molecule has 0 aliphatic carbocycles. The Kier molecular flexibility index (Phi) is 6.34. The highest BCUT2D eigenvalue weighted by atomic mass is 32.2. The number of hydrogen-bond acceptors (Lipinski definition) is 3. The van der Waals surface area contributed by atoms with Gasteiger partial charge in [-0.3, -0.25) is 9.89 Å². The average Bonchev–Trinajstić information content (AvgIpc) is 3.01. The fourth-order valence-corrected chi connectivity index (χ4v) is 2.94. The molecule has 0 fully saturated rings. The fourth-order valence-electron chi connectivity index (χ4n) is 1.99. The van der Waals surface area contributed by atoms with Crippen LogP contribution in [-0.2, 0) is 11.2 Å². The van der Waals surface area contributed by atoms with Crippen molar-refractivity contribution >= 4 is 17.7 Å². The van der Waals surface area contributed by atoms with Crippen molar-refractivity contribution in [1.82, 2.24) is 15.1 Å². The van der Waals surface area contributed by atoms with E-state index < -0.39 is 0 Å². The zero-order valence-electron chi connectivity index (χ0n) is 12.3. The summed E-state index contributed by atoms with van der Waals surface area (Å²) in [5.41, 5.74) is 1.16. The Labute approximate surface area is 129 Å². The van der Waals surface area contributed by atoms with Crippen LogP contribution in [-0.4, -0.2) is 40.3 Å². The molecule has 1 aromatic carbocycles. The number of aromatic nitrogens is 2. The van der Waals surface area contributed by atoms with Gasteiger partial charge in [-0.15, -0.1) is 11.8 Å². The van der Waals surface area contributed by atoms with Gasteiger partial charge in [0.05, 0.1) is 6.20 Å². The van der Waals surface area contributed by atoms with Crippen molar-refractivity contribution in [2.24, 2.45) is 0 Å². The van der Waals surface area contributed by atoms with E-state index in [1.54, 1.807) is 11.8 Å². The molecule has 0 atom stereocenters. The summed E-state index contributed by atoms with van der Waals surface area (Å²) in [5, 5.41) is 6.69. The maximum absolute atomic E-state index is 12.0. The number of rotatable bonds is 8. The van der Waals surface area contributed by atoms with Gasteiger partial charge in [0.1, 0.15) is 0 Å². The average molecular weight is 303 g/mol. The number of H-pyrrole nitrogens is 1. The van der Waals surface area contributed by atoms with Gasteiger partial charge in [0.2, 0.25) is 5.91 Å². The zero-order chi connectivity index (χ0) is 14.9. The molecule has 0 aliphatic rings. The Bertz CT molecular complexity index is 528. The third-order valence-corrected chi connectivity index (χ3v) is 4.27. The molecule has 5 heteroatoms. The monoisotopic (exact) mass is 303 g/mol. The fraction of sp³-hybridized carbons (Fsp3) is 0.375. The van der Waals surface area contributed by atoms with Gasteiger partial charge in [0.25, 0.3) is 0 Å². The Morgan fingerprint density at radius 2 is 2.14 bits per heavy atom. The summed E-state index contributed by atoms with van der Waals surface area (Å²) in [4.78, 5) is 15.1. The van der Waals surface area contributed by atoms with Gasteiger partial charge in [-0.05, 0) is 30.5 Å². The van der Waals surface area contributed by atoms with Gasteiger partial charge in [0.15, 0.2) is 0 Å². The second kappa shape index (κ2) is 8.52. The largest absolute Gasteiger partial charge is 0.345 e. The van der Waals surface area contributed by atoms with E-state index in [0.29, 0.717) is 6.42 Å². The maximum atomic E-state index is 12.0. The lowest BCUT2D eigenvalue weighted by atomic mass is 10.1. The van der Waals surface area contributed by atoms with Crippen LogP contribution in [0.25, 0.3) is 0 Å². The van der Waals surface area contributed by atoms with Crippen molar-refractivity contribution in [1.29, 1.82) is 0 Å². The zero-order valence-corrected chi connectivity index (χ0v) is 13.1. The van der Waals surface area contributed by atoms with Crippen LogP contribution in [0, 0.1) is 0 Å². The second-order valence-corrected chi connectivity index (χ2v) is 6.11. The third-order valence-electron chi connectivity index (χ3n) is 3.28. The molecule has 0 saturated heterocycles. The molecule has 21 heavy (non-hydrogen) atoms. The van der Waals surface area contributed by atoms with Crippen LogP contribution in [0.15, 0.2) is 47.6 Å². The van der Waals surface area contributed by atoms with E-state index >= 15 is 0 Å². The van der Waals surface area contributed by atoms with Gasteiger partial charge in [-0.25, -0.2) is 0 Å². The smallest absolute Gasteiger partial charge is 0.222 e. The van der Waals surface area contributed by atoms with Gasteiger partial charge >= 0.3 is 0 Å². The van der Waals surface area contributed by atoms with Crippen molar-refractivity contribution in [2.45, 2.75) is 24.2 Å². The first-order valence-electron chi connectivity index (χ1n) is 7.15. The normalized spacial score (nSPS) is 10.5. The Balaban J connectivity index is 1.61. The van der Waals surface area contributed by atoms with Crippen LogP contribution < -0.4 is 0 Å². The molecule has 2 aromatic rings. The van der Waals surface area contributed by atoms with Crippen LogP contribution in [0.2, 0.25) is 0 Å². The van der Waals surface area contributed by atoms with E-state index in [9.17, 15) is 4.79 Å². The Morgan fingerprint density at radius 1 is 1.33 bits per heavy atom. The number of hydrogen-bond donors (Lipinski definition) is 1. The van der Waals surface area contributed by atoms with Crippen molar-refractivity contribution in [2.75, 3.05) is 19.3 Å². The van der Waals surface area contributed by atoms with E-state index in [1.165, 1.54) is 4.90 Å². The quantitative estimate of drug-likeness (QED) is 0.763. The predicted octanol–water partition coefficient (Wildman–Crippen LogP) is 2.98. The first kappa shape index (κ1) is 15.6. The van der Waals surface area contributed by atoms with E-state index in [1.807, 2.05) is 42.5 Å². The summed E-state index contributed by atoms with van der Waals surface area (Å²) in [5.74, 6) is 1.14. The molecule has 4 nitrogen and oxygen atoms in total.